The number of hydrogen-bond donors (Lipinski definition) is 2. The van der Waals surface area contributed by atoms with Gasteiger partial charge in [-0.2, -0.15) is 0 Å². The molecule has 1 fully saturated rings. The Hall–Kier alpha value is -2.61. The number of esters is 1. The maximum atomic E-state index is 13.5. The molecule has 0 saturated carbocycles. The van der Waals surface area contributed by atoms with Crippen molar-refractivity contribution in [3.63, 3.8) is 0 Å². The van der Waals surface area contributed by atoms with Gasteiger partial charge in [-0.1, -0.05) is 80.4 Å². The number of aliphatic hydroxyl groups is 1. The van der Waals surface area contributed by atoms with Crippen LogP contribution in [0.4, 0.5) is 0 Å². The second-order valence-corrected chi connectivity index (χ2v) is 9.37. The topological polar surface area (TPSA) is 78.9 Å². The summed E-state index contributed by atoms with van der Waals surface area (Å²) in [6.45, 7) is 2.63. The van der Waals surface area contributed by atoms with Gasteiger partial charge < -0.3 is 15.2 Å². The molecule has 0 bridgehead atoms. The molecular weight excluding hydrogens is 436 g/mol. The van der Waals surface area contributed by atoms with Gasteiger partial charge in [-0.05, 0) is 29.7 Å². The highest BCUT2D eigenvalue weighted by Crippen LogP contribution is 2.41. The van der Waals surface area contributed by atoms with Crippen molar-refractivity contribution in [2.75, 3.05) is 18.9 Å². The fourth-order valence-corrected chi connectivity index (χ4v) is 5.59. The Morgan fingerprint density at radius 3 is 2.33 bits per heavy atom. The summed E-state index contributed by atoms with van der Waals surface area (Å²) in [4.78, 5) is 27.9. The number of rotatable bonds is 10. The number of hydrogen-bond acceptors (Lipinski definition) is 6. The lowest BCUT2D eigenvalue weighted by molar-refractivity contribution is -0.154. The first-order valence-electron chi connectivity index (χ1n) is 11.5. The van der Waals surface area contributed by atoms with E-state index in [1.54, 1.807) is 11.8 Å². The van der Waals surface area contributed by atoms with Crippen LogP contribution in [0.1, 0.15) is 43.4 Å². The van der Waals surface area contributed by atoms with Gasteiger partial charge in [0, 0.05) is 5.75 Å². The molecule has 2 aliphatic rings. The highest BCUT2D eigenvalue weighted by molar-refractivity contribution is 8.00. The van der Waals surface area contributed by atoms with Crippen LogP contribution in [0.15, 0.2) is 71.9 Å². The largest absolute Gasteiger partial charge is 0.448 e. The normalized spacial score (nSPS) is 20.0. The molecule has 0 aromatic heterocycles. The second-order valence-electron chi connectivity index (χ2n) is 8.27. The zero-order valence-corrected chi connectivity index (χ0v) is 19.6. The molecular formula is C26H30N2O4S. The number of thioether (sulfide) groups is 1. The number of ether oxygens (including phenoxy) is 1. The van der Waals surface area contributed by atoms with Crippen LogP contribution in [0.2, 0.25) is 0 Å². The van der Waals surface area contributed by atoms with Gasteiger partial charge in [0.15, 0.2) is 6.10 Å². The zero-order valence-electron chi connectivity index (χ0n) is 18.8. The third-order valence-electron chi connectivity index (χ3n) is 6.01. The molecule has 2 N–H and O–H groups in total. The van der Waals surface area contributed by atoms with E-state index in [-0.39, 0.29) is 29.6 Å². The van der Waals surface area contributed by atoms with Crippen LogP contribution < -0.4 is 5.32 Å². The summed E-state index contributed by atoms with van der Waals surface area (Å²) < 4.78 is 6.01. The molecule has 0 radical (unpaired) electrons. The fourth-order valence-electron chi connectivity index (χ4n) is 4.23. The number of amides is 1. The molecule has 2 aromatic carbocycles. The number of β-lactam (4-membered cyclic amide) rings is 1. The highest BCUT2D eigenvalue weighted by atomic mass is 32.2. The summed E-state index contributed by atoms with van der Waals surface area (Å²) in [6.07, 6.45) is 2.63. The van der Waals surface area contributed by atoms with E-state index in [0.717, 1.165) is 36.9 Å². The lowest BCUT2D eigenvalue weighted by Crippen LogP contribution is -2.70. The van der Waals surface area contributed by atoms with Gasteiger partial charge in [0.2, 0.25) is 5.91 Å². The van der Waals surface area contributed by atoms with Crippen molar-refractivity contribution in [1.82, 2.24) is 10.2 Å². The van der Waals surface area contributed by atoms with E-state index in [1.165, 1.54) is 4.90 Å². The average Bonchev–Trinajstić information content (AvgIpc) is 2.87. The zero-order chi connectivity index (χ0) is 23.2. The number of carbonyl (C=O) groups excluding carboxylic acids is 2. The molecule has 0 aliphatic carbocycles. The number of aliphatic hydroxyl groups excluding tert-OH is 1. The fraction of sp³-hybridized carbons (Fsp3) is 0.385. The quantitative estimate of drug-likeness (QED) is 0.316. The molecule has 2 aliphatic heterocycles. The second kappa shape index (κ2) is 11.0. The van der Waals surface area contributed by atoms with Gasteiger partial charge in [-0.3, -0.25) is 9.69 Å². The van der Waals surface area contributed by atoms with Gasteiger partial charge in [0.1, 0.15) is 17.1 Å². The summed E-state index contributed by atoms with van der Waals surface area (Å²) in [6, 6.07) is 18.8. The lowest BCUT2D eigenvalue weighted by atomic mass is 10.0. The maximum absolute atomic E-state index is 13.5. The summed E-state index contributed by atoms with van der Waals surface area (Å²) >= 11 is 1.57. The Bertz CT molecular complexity index is 956. The predicted molar refractivity (Wildman–Crippen MR) is 129 cm³/mol. The number of nitrogens with zero attached hydrogens (tertiary/aromatic N) is 1. The summed E-state index contributed by atoms with van der Waals surface area (Å²) in [7, 11) is 0. The Labute approximate surface area is 199 Å². The van der Waals surface area contributed by atoms with E-state index in [9.17, 15) is 14.7 Å². The van der Waals surface area contributed by atoms with Gasteiger partial charge in [0.05, 0.1) is 6.61 Å². The molecule has 2 aromatic rings. The molecule has 2 atom stereocenters. The predicted octanol–water partition coefficient (Wildman–Crippen LogP) is 3.63. The van der Waals surface area contributed by atoms with Crippen molar-refractivity contribution in [2.24, 2.45) is 0 Å². The van der Waals surface area contributed by atoms with Crippen molar-refractivity contribution in [3.8, 4) is 0 Å². The van der Waals surface area contributed by atoms with Crippen LogP contribution in [-0.4, -0.2) is 52.2 Å². The van der Waals surface area contributed by atoms with Gasteiger partial charge in [0.25, 0.3) is 0 Å². The first-order chi connectivity index (χ1) is 16.2. The van der Waals surface area contributed by atoms with Crippen LogP contribution in [-0.2, 0) is 14.3 Å². The standard InChI is InChI=1S/C26H30N2O4S/c1-2-3-10-15-27-21-24(30)28-22(20(16-29)17-33-25(21)28)26(31)32-23(18-11-6-4-7-12-18)19-13-8-5-9-14-19/h4-9,11-14,21,23,25,27,29H,2-3,10,15-17H2,1H3/t21-,25-/m0/s1. The third-order valence-corrected chi connectivity index (χ3v) is 7.35. The Morgan fingerprint density at radius 2 is 1.76 bits per heavy atom. The van der Waals surface area contributed by atoms with E-state index >= 15 is 0 Å². The van der Waals surface area contributed by atoms with E-state index in [2.05, 4.69) is 12.2 Å². The number of fused-ring (bicyclic) bond motifs is 1. The Kier molecular flexibility index (Phi) is 7.85. The van der Waals surface area contributed by atoms with E-state index in [1.807, 2.05) is 60.7 Å². The first-order valence-corrected chi connectivity index (χ1v) is 12.5. The SMILES string of the molecule is CCCCCN[C@H]1C(=O)N2C(C(=O)OC(c3ccccc3)c3ccccc3)=C(CO)CS[C@@H]12. The minimum absolute atomic E-state index is 0.141. The Balaban J connectivity index is 1.55. The number of carbonyl (C=O) groups is 2. The van der Waals surface area contributed by atoms with E-state index in [0.29, 0.717) is 11.3 Å². The minimum Gasteiger partial charge on any atom is -0.448 e. The van der Waals surface area contributed by atoms with Crippen molar-refractivity contribution < 1.29 is 19.4 Å². The van der Waals surface area contributed by atoms with Crippen molar-refractivity contribution in [1.29, 1.82) is 0 Å². The van der Waals surface area contributed by atoms with Crippen molar-refractivity contribution in [2.45, 2.75) is 43.7 Å². The van der Waals surface area contributed by atoms with E-state index in [4.69, 9.17) is 4.74 Å². The lowest BCUT2D eigenvalue weighted by Gasteiger charge is -2.50. The molecule has 0 unspecified atom stereocenters. The van der Waals surface area contributed by atoms with E-state index < -0.39 is 12.1 Å². The maximum Gasteiger partial charge on any atom is 0.356 e. The van der Waals surface area contributed by atoms with Gasteiger partial charge >= 0.3 is 5.97 Å². The van der Waals surface area contributed by atoms with Crippen LogP contribution >= 0.6 is 11.8 Å². The van der Waals surface area contributed by atoms with Crippen LogP contribution in [0.25, 0.3) is 0 Å². The number of benzene rings is 2. The van der Waals surface area contributed by atoms with Crippen LogP contribution in [0.5, 0.6) is 0 Å². The Morgan fingerprint density at radius 1 is 1.12 bits per heavy atom. The van der Waals surface area contributed by atoms with Gasteiger partial charge in [-0.15, -0.1) is 11.8 Å². The summed E-state index contributed by atoms with van der Waals surface area (Å²) in [5, 5.41) is 13.1. The number of nitrogens with one attached hydrogen (secondary N) is 1. The first kappa shape index (κ1) is 23.5. The molecule has 0 spiro atoms. The smallest absolute Gasteiger partial charge is 0.356 e. The molecule has 174 valence electrons. The molecule has 33 heavy (non-hydrogen) atoms. The van der Waals surface area contributed by atoms with Crippen LogP contribution in [0, 0.1) is 0 Å². The molecule has 2 heterocycles. The monoisotopic (exact) mass is 466 g/mol. The minimum atomic E-state index is -0.611. The molecule has 7 heteroatoms. The molecule has 1 saturated heterocycles. The molecule has 4 rings (SSSR count). The average molecular weight is 467 g/mol. The highest BCUT2D eigenvalue weighted by Gasteiger charge is 2.53. The third kappa shape index (κ3) is 5.00. The molecule has 1 amide bonds. The summed E-state index contributed by atoms with van der Waals surface area (Å²) in [5.74, 6) is -0.235. The van der Waals surface area contributed by atoms with Crippen LogP contribution in [0.3, 0.4) is 0 Å². The van der Waals surface area contributed by atoms with Gasteiger partial charge in [-0.25, -0.2) is 4.79 Å². The molecule has 6 nitrogen and oxygen atoms in total. The number of unbranched alkanes of at least 4 members (excludes halogenated alkanes) is 2. The van der Waals surface area contributed by atoms with Crippen molar-refractivity contribution >= 4 is 23.6 Å². The van der Waals surface area contributed by atoms with Crippen molar-refractivity contribution in [3.05, 3.63) is 83.1 Å². The summed E-state index contributed by atoms with van der Waals surface area (Å²) in [5.41, 5.74) is 2.40.